The maximum atomic E-state index is 12.8. The first-order chi connectivity index (χ1) is 13.0. The molecule has 3 rings (SSSR count). The Bertz CT molecular complexity index is 1010. The number of pyridine rings is 1. The molecule has 5 nitrogen and oxygen atoms in total. The van der Waals surface area contributed by atoms with E-state index in [1.165, 1.54) is 10.5 Å². The smallest absolute Gasteiger partial charge is 0.254 e. The standard InChI is InChI=1S/C22H24N2O3/c1-3-16-6-9-20-18(12-16)13-19(21(26)23-20)14-24(10-11-25)22(27)17-7-4-15(2)5-8-17/h4-9,12-13,25H,3,10-11,14H2,1-2H3,(H,23,26). The first-order valence-electron chi connectivity index (χ1n) is 9.13. The van der Waals surface area contributed by atoms with E-state index < -0.39 is 0 Å². The molecule has 0 radical (unpaired) electrons. The molecule has 0 aliphatic rings. The van der Waals surface area contributed by atoms with E-state index in [2.05, 4.69) is 11.9 Å². The summed E-state index contributed by atoms with van der Waals surface area (Å²) < 4.78 is 0. The predicted molar refractivity (Wildman–Crippen MR) is 107 cm³/mol. The van der Waals surface area contributed by atoms with Crippen LogP contribution in [0.4, 0.5) is 0 Å². The number of aromatic nitrogens is 1. The van der Waals surface area contributed by atoms with Gasteiger partial charge in [-0.3, -0.25) is 9.59 Å². The zero-order valence-electron chi connectivity index (χ0n) is 15.7. The largest absolute Gasteiger partial charge is 0.395 e. The SMILES string of the molecule is CCc1ccc2[nH]c(=O)c(CN(CCO)C(=O)c3ccc(C)cc3)cc2c1. The Morgan fingerprint density at radius 3 is 2.52 bits per heavy atom. The van der Waals surface area contributed by atoms with Gasteiger partial charge in [0.15, 0.2) is 0 Å². The number of carbonyl (C=O) groups excluding carboxylic acids is 1. The van der Waals surface area contributed by atoms with E-state index in [4.69, 9.17) is 0 Å². The number of aromatic amines is 1. The molecule has 0 aliphatic heterocycles. The summed E-state index contributed by atoms with van der Waals surface area (Å²) in [6, 6.07) is 15.1. The van der Waals surface area contributed by atoms with Crippen molar-refractivity contribution in [2.24, 2.45) is 0 Å². The van der Waals surface area contributed by atoms with E-state index in [0.717, 1.165) is 22.9 Å². The van der Waals surface area contributed by atoms with Crippen molar-refractivity contribution in [1.82, 2.24) is 9.88 Å². The number of benzene rings is 2. The van der Waals surface area contributed by atoms with Crippen LogP contribution in [0.3, 0.4) is 0 Å². The summed E-state index contributed by atoms with van der Waals surface area (Å²) in [5.74, 6) is -0.203. The lowest BCUT2D eigenvalue weighted by atomic mass is 10.1. The van der Waals surface area contributed by atoms with E-state index in [1.54, 1.807) is 12.1 Å². The second-order valence-electron chi connectivity index (χ2n) is 6.72. The minimum absolute atomic E-state index is 0.148. The molecule has 0 saturated heterocycles. The molecule has 0 aliphatic carbocycles. The van der Waals surface area contributed by atoms with Gasteiger partial charge < -0.3 is 15.0 Å². The van der Waals surface area contributed by atoms with Crippen LogP contribution in [-0.4, -0.2) is 34.0 Å². The van der Waals surface area contributed by atoms with Gasteiger partial charge in [-0.15, -0.1) is 0 Å². The average Bonchev–Trinajstić information content (AvgIpc) is 2.67. The number of rotatable bonds is 6. The van der Waals surface area contributed by atoms with Crippen LogP contribution in [0.1, 0.15) is 34.0 Å². The Hall–Kier alpha value is -2.92. The van der Waals surface area contributed by atoms with Crippen LogP contribution >= 0.6 is 0 Å². The molecule has 1 amide bonds. The van der Waals surface area contributed by atoms with E-state index in [9.17, 15) is 14.7 Å². The topological polar surface area (TPSA) is 73.4 Å². The van der Waals surface area contributed by atoms with Crippen LogP contribution in [0.25, 0.3) is 10.9 Å². The molecule has 27 heavy (non-hydrogen) atoms. The Balaban J connectivity index is 1.93. The molecule has 3 aromatic rings. The van der Waals surface area contributed by atoms with Gasteiger partial charge in [-0.25, -0.2) is 0 Å². The van der Waals surface area contributed by atoms with Crippen molar-refractivity contribution in [3.8, 4) is 0 Å². The Labute approximate surface area is 158 Å². The molecule has 2 aromatic carbocycles. The predicted octanol–water partition coefficient (Wildman–Crippen LogP) is 3.03. The molecular formula is C22H24N2O3. The number of fused-ring (bicyclic) bond motifs is 1. The lowest BCUT2D eigenvalue weighted by Crippen LogP contribution is -2.35. The fourth-order valence-electron chi connectivity index (χ4n) is 3.10. The highest BCUT2D eigenvalue weighted by atomic mass is 16.3. The molecule has 1 aromatic heterocycles. The molecule has 2 N–H and O–H groups in total. The summed E-state index contributed by atoms with van der Waals surface area (Å²) in [5.41, 5.74) is 3.86. The van der Waals surface area contributed by atoms with Crippen LogP contribution in [-0.2, 0) is 13.0 Å². The minimum atomic E-state index is -0.216. The third-order valence-electron chi connectivity index (χ3n) is 4.71. The average molecular weight is 364 g/mol. The number of aliphatic hydroxyl groups excluding tert-OH is 1. The number of hydrogen-bond donors (Lipinski definition) is 2. The van der Waals surface area contributed by atoms with Gasteiger partial charge >= 0.3 is 0 Å². The highest BCUT2D eigenvalue weighted by molar-refractivity contribution is 5.94. The summed E-state index contributed by atoms with van der Waals surface area (Å²) >= 11 is 0. The van der Waals surface area contributed by atoms with Crippen LogP contribution < -0.4 is 5.56 Å². The van der Waals surface area contributed by atoms with Gasteiger partial charge in [0, 0.05) is 23.2 Å². The van der Waals surface area contributed by atoms with Crippen LogP contribution in [0.5, 0.6) is 0 Å². The van der Waals surface area contributed by atoms with Gasteiger partial charge in [-0.2, -0.15) is 0 Å². The third-order valence-corrected chi connectivity index (χ3v) is 4.71. The second-order valence-corrected chi connectivity index (χ2v) is 6.72. The number of amides is 1. The normalized spacial score (nSPS) is 10.9. The zero-order valence-corrected chi connectivity index (χ0v) is 15.7. The number of carbonyl (C=O) groups is 1. The molecule has 0 spiro atoms. The van der Waals surface area contributed by atoms with E-state index >= 15 is 0 Å². The molecular weight excluding hydrogens is 340 g/mol. The van der Waals surface area contributed by atoms with E-state index in [1.807, 2.05) is 43.3 Å². The number of aryl methyl sites for hydroxylation is 2. The van der Waals surface area contributed by atoms with Crippen LogP contribution in [0.15, 0.2) is 53.3 Å². The van der Waals surface area contributed by atoms with Crippen molar-refractivity contribution in [2.75, 3.05) is 13.2 Å². The maximum absolute atomic E-state index is 12.8. The third kappa shape index (κ3) is 4.26. The van der Waals surface area contributed by atoms with Crippen molar-refractivity contribution < 1.29 is 9.90 Å². The monoisotopic (exact) mass is 364 g/mol. The lowest BCUT2D eigenvalue weighted by molar-refractivity contribution is 0.0707. The summed E-state index contributed by atoms with van der Waals surface area (Å²) in [7, 11) is 0. The van der Waals surface area contributed by atoms with Crippen LogP contribution in [0.2, 0.25) is 0 Å². The fraction of sp³-hybridized carbons (Fsp3) is 0.273. The van der Waals surface area contributed by atoms with Gasteiger partial charge in [0.1, 0.15) is 0 Å². The first-order valence-corrected chi connectivity index (χ1v) is 9.13. The quantitative estimate of drug-likeness (QED) is 0.706. The lowest BCUT2D eigenvalue weighted by Gasteiger charge is -2.22. The van der Waals surface area contributed by atoms with Crippen LogP contribution in [0, 0.1) is 6.92 Å². The molecule has 0 bridgehead atoms. The molecule has 0 atom stereocenters. The minimum Gasteiger partial charge on any atom is -0.395 e. The van der Waals surface area contributed by atoms with Gasteiger partial charge in [0.05, 0.1) is 13.2 Å². The van der Waals surface area contributed by atoms with E-state index in [-0.39, 0.29) is 31.2 Å². The van der Waals surface area contributed by atoms with Crippen molar-refractivity contribution in [3.05, 3.63) is 81.1 Å². The van der Waals surface area contributed by atoms with Gasteiger partial charge in [0.25, 0.3) is 11.5 Å². The van der Waals surface area contributed by atoms with Crippen molar-refractivity contribution in [3.63, 3.8) is 0 Å². The Morgan fingerprint density at radius 1 is 1.11 bits per heavy atom. The van der Waals surface area contributed by atoms with E-state index in [0.29, 0.717) is 11.1 Å². The molecule has 0 unspecified atom stereocenters. The van der Waals surface area contributed by atoms with Gasteiger partial charge in [-0.05, 0) is 54.6 Å². The molecule has 0 saturated carbocycles. The summed E-state index contributed by atoms with van der Waals surface area (Å²) in [6.07, 6.45) is 0.910. The highest BCUT2D eigenvalue weighted by Gasteiger charge is 2.17. The summed E-state index contributed by atoms with van der Waals surface area (Å²) in [4.78, 5) is 29.7. The first kappa shape index (κ1) is 18.9. The zero-order chi connectivity index (χ0) is 19.4. The maximum Gasteiger partial charge on any atom is 0.254 e. The van der Waals surface area contributed by atoms with Gasteiger partial charge in [0.2, 0.25) is 0 Å². The number of nitrogens with zero attached hydrogens (tertiary/aromatic N) is 1. The molecule has 0 fully saturated rings. The number of H-pyrrole nitrogens is 1. The summed E-state index contributed by atoms with van der Waals surface area (Å²) in [5, 5.41) is 10.3. The Kier molecular flexibility index (Phi) is 5.72. The van der Waals surface area contributed by atoms with Gasteiger partial charge in [-0.1, -0.05) is 30.7 Å². The number of nitrogens with one attached hydrogen (secondary N) is 1. The molecule has 5 heteroatoms. The number of aliphatic hydroxyl groups is 1. The summed E-state index contributed by atoms with van der Waals surface area (Å²) in [6.45, 7) is 4.19. The van der Waals surface area contributed by atoms with Crippen molar-refractivity contribution >= 4 is 16.8 Å². The fourth-order valence-corrected chi connectivity index (χ4v) is 3.10. The highest BCUT2D eigenvalue weighted by Crippen LogP contribution is 2.16. The second kappa shape index (κ2) is 8.18. The molecule has 1 heterocycles. The van der Waals surface area contributed by atoms with Crippen molar-refractivity contribution in [2.45, 2.75) is 26.8 Å². The molecule has 140 valence electrons. The van der Waals surface area contributed by atoms with Crippen molar-refractivity contribution in [1.29, 1.82) is 0 Å². The number of hydrogen-bond acceptors (Lipinski definition) is 3. The Morgan fingerprint density at radius 2 is 1.85 bits per heavy atom.